The number of halogens is 1. The van der Waals surface area contributed by atoms with Crippen molar-refractivity contribution < 1.29 is 33.3 Å². The second-order valence-electron chi connectivity index (χ2n) is 8.01. The molecular weight excluding hydrogens is 558 g/mol. The van der Waals surface area contributed by atoms with E-state index in [1.54, 1.807) is 60.7 Å². The first-order chi connectivity index (χ1) is 18.5. The Labute approximate surface area is 227 Å². The molecule has 3 amide bonds. The van der Waals surface area contributed by atoms with Gasteiger partial charge in [-0.2, -0.15) is 0 Å². The van der Waals surface area contributed by atoms with Gasteiger partial charge >= 0.3 is 0 Å². The van der Waals surface area contributed by atoms with Crippen molar-refractivity contribution in [3.05, 3.63) is 76.8 Å². The molecule has 3 aromatic carbocycles. The maximum Gasteiger partial charge on any atom is 0.258 e. The summed E-state index contributed by atoms with van der Waals surface area (Å²) in [7, 11) is 0. The normalized spacial score (nSPS) is 14.8. The Balaban J connectivity index is 1.51. The smallest absolute Gasteiger partial charge is 0.258 e. The number of anilines is 1. The molecule has 0 unspecified atom stereocenters. The third-order valence-corrected chi connectivity index (χ3v) is 5.74. The molecule has 0 radical (unpaired) electrons. The Hall–Kier alpha value is -4.25. The Morgan fingerprint density at radius 1 is 0.711 bits per heavy atom. The van der Waals surface area contributed by atoms with Crippen LogP contribution >= 0.6 is 15.9 Å². The largest absolute Gasteiger partial charge is 0.488 e. The van der Waals surface area contributed by atoms with Crippen LogP contribution in [0.25, 0.3) is 0 Å². The predicted octanol–water partition coefficient (Wildman–Crippen LogP) is 3.16. The molecule has 3 aromatic rings. The topological polar surface area (TPSA) is 124 Å². The van der Waals surface area contributed by atoms with Crippen molar-refractivity contribution in [2.75, 3.05) is 44.8 Å². The van der Waals surface area contributed by atoms with Crippen LogP contribution in [0, 0.1) is 0 Å². The summed E-state index contributed by atoms with van der Waals surface area (Å²) in [5.74, 6) is 0.244. The highest BCUT2D eigenvalue weighted by Gasteiger charge is 2.18. The Bertz CT molecular complexity index is 1290. The molecule has 10 nitrogen and oxygen atoms in total. The molecule has 0 fully saturated rings. The van der Waals surface area contributed by atoms with Crippen molar-refractivity contribution in [2.45, 2.75) is 0 Å². The molecule has 0 aliphatic carbocycles. The van der Waals surface area contributed by atoms with Gasteiger partial charge < -0.3 is 34.9 Å². The maximum absolute atomic E-state index is 12.9. The lowest BCUT2D eigenvalue weighted by molar-refractivity contribution is -0.123. The van der Waals surface area contributed by atoms with Crippen LogP contribution in [0.4, 0.5) is 5.69 Å². The van der Waals surface area contributed by atoms with E-state index in [0.29, 0.717) is 17.1 Å². The quantitative estimate of drug-likeness (QED) is 0.423. The molecule has 198 valence electrons. The number of para-hydroxylation sites is 1. The molecule has 0 spiro atoms. The van der Waals surface area contributed by atoms with Crippen LogP contribution in [0.1, 0.15) is 10.4 Å². The van der Waals surface area contributed by atoms with Crippen LogP contribution in [-0.4, -0.2) is 57.2 Å². The maximum atomic E-state index is 12.9. The summed E-state index contributed by atoms with van der Waals surface area (Å²) in [6, 6.07) is 18.7. The minimum absolute atomic E-state index is 0.191. The first kappa shape index (κ1) is 26.8. The van der Waals surface area contributed by atoms with Gasteiger partial charge in [-0.15, -0.1) is 0 Å². The van der Waals surface area contributed by atoms with Gasteiger partial charge in [0.05, 0.1) is 13.1 Å². The first-order valence-corrected chi connectivity index (χ1v) is 12.6. The van der Waals surface area contributed by atoms with Crippen LogP contribution in [0.5, 0.6) is 23.0 Å². The van der Waals surface area contributed by atoms with Crippen LogP contribution in [0.2, 0.25) is 0 Å². The van der Waals surface area contributed by atoms with Gasteiger partial charge in [-0.25, -0.2) is 0 Å². The van der Waals surface area contributed by atoms with Gasteiger partial charge in [-0.3, -0.25) is 14.4 Å². The Kier molecular flexibility index (Phi) is 9.41. The average molecular weight is 584 g/mol. The van der Waals surface area contributed by atoms with Crippen molar-refractivity contribution in [3.63, 3.8) is 0 Å². The molecule has 11 heteroatoms. The molecule has 2 bridgehead atoms. The second kappa shape index (κ2) is 13.3. The van der Waals surface area contributed by atoms with E-state index in [1.165, 1.54) is 0 Å². The van der Waals surface area contributed by atoms with Crippen LogP contribution in [0.3, 0.4) is 0 Å². The number of rotatable bonds is 2. The van der Waals surface area contributed by atoms with Crippen LogP contribution < -0.4 is 34.9 Å². The van der Waals surface area contributed by atoms with Crippen LogP contribution in [0.15, 0.2) is 71.2 Å². The van der Waals surface area contributed by atoms with Crippen molar-refractivity contribution in [1.29, 1.82) is 0 Å². The summed E-state index contributed by atoms with van der Waals surface area (Å²) in [6.07, 6.45) is 0. The van der Waals surface area contributed by atoms with Crippen LogP contribution in [-0.2, 0) is 9.59 Å². The van der Waals surface area contributed by atoms with Crippen molar-refractivity contribution >= 4 is 39.3 Å². The number of fused-ring (bicyclic) bond motifs is 3. The van der Waals surface area contributed by atoms with E-state index in [2.05, 4.69) is 31.9 Å². The van der Waals surface area contributed by atoms with Gasteiger partial charge in [-0.1, -0.05) is 40.2 Å². The van der Waals surface area contributed by atoms with Gasteiger partial charge in [0.25, 0.3) is 17.7 Å². The fraction of sp³-hybridized carbons (Fsp3) is 0.222. The summed E-state index contributed by atoms with van der Waals surface area (Å²) in [5.41, 5.74) is 0.620. The lowest BCUT2D eigenvalue weighted by Crippen LogP contribution is -2.32. The highest BCUT2D eigenvalue weighted by atomic mass is 79.9. The molecular formula is C27H26BrN3O7. The first-order valence-electron chi connectivity index (χ1n) is 11.8. The molecule has 1 heterocycles. The number of benzene rings is 3. The van der Waals surface area contributed by atoms with Crippen molar-refractivity contribution in [1.82, 2.24) is 10.6 Å². The summed E-state index contributed by atoms with van der Waals surface area (Å²) in [5, 5.41) is 8.23. The molecule has 1 aliphatic heterocycles. The number of hydrogen-bond acceptors (Lipinski definition) is 7. The Morgan fingerprint density at radius 2 is 1.32 bits per heavy atom. The second-order valence-corrected chi connectivity index (χ2v) is 8.93. The fourth-order valence-electron chi connectivity index (χ4n) is 3.46. The summed E-state index contributed by atoms with van der Waals surface area (Å²) < 4.78 is 23.8. The highest BCUT2D eigenvalue weighted by molar-refractivity contribution is 9.10. The summed E-state index contributed by atoms with van der Waals surface area (Å²) >= 11 is 3.40. The third-order valence-electron chi connectivity index (χ3n) is 5.25. The molecule has 0 aromatic heterocycles. The number of amides is 3. The van der Waals surface area contributed by atoms with E-state index in [4.69, 9.17) is 18.9 Å². The number of carbonyl (C=O) groups is 3. The van der Waals surface area contributed by atoms with E-state index in [9.17, 15) is 14.4 Å². The highest BCUT2D eigenvalue weighted by Crippen LogP contribution is 2.35. The zero-order valence-corrected chi connectivity index (χ0v) is 21.9. The fourth-order valence-corrected chi connectivity index (χ4v) is 3.80. The van der Waals surface area contributed by atoms with E-state index in [-0.39, 0.29) is 68.5 Å². The van der Waals surface area contributed by atoms with E-state index in [1.807, 2.05) is 6.07 Å². The minimum Gasteiger partial charge on any atom is -0.488 e. The lowest BCUT2D eigenvalue weighted by Gasteiger charge is -2.17. The molecule has 4 rings (SSSR count). The average Bonchev–Trinajstić information content (AvgIpc) is 2.93. The molecule has 38 heavy (non-hydrogen) atoms. The summed E-state index contributed by atoms with van der Waals surface area (Å²) in [6.45, 7) is 0.215. The monoisotopic (exact) mass is 583 g/mol. The molecule has 3 N–H and O–H groups in total. The minimum atomic E-state index is -0.403. The van der Waals surface area contributed by atoms with Gasteiger partial charge in [0.15, 0.2) is 24.7 Å². The molecule has 0 atom stereocenters. The Morgan fingerprint density at radius 3 is 1.95 bits per heavy atom. The van der Waals surface area contributed by atoms with Gasteiger partial charge in [0.1, 0.15) is 30.4 Å². The van der Waals surface area contributed by atoms with E-state index in [0.717, 1.165) is 4.47 Å². The standard InChI is InChI=1S/C27H26BrN3O7/c28-19-9-10-20-23(15-19)36-14-12-30-25(33)17-38-22-8-4-7-21(37-16-24(32)29-11-13-35-20)26(22)31-27(34)18-5-2-1-3-6-18/h1-10,15H,11-14,16-17H2,(H,29,32)(H,30,33)(H,31,34). The van der Waals surface area contributed by atoms with Gasteiger partial charge in [0.2, 0.25) is 0 Å². The van der Waals surface area contributed by atoms with Gasteiger partial charge in [0, 0.05) is 10.0 Å². The van der Waals surface area contributed by atoms with Crippen molar-refractivity contribution in [3.8, 4) is 23.0 Å². The SMILES string of the molecule is O=C1COc2cccc(c2NC(=O)c2ccccc2)OCC(=O)NCCOc2cc(Br)ccc2OCCN1. The zero-order valence-electron chi connectivity index (χ0n) is 20.3. The summed E-state index contributed by atoms with van der Waals surface area (Å²) in [4.78, 5) is 37.7. The molecule has 1 aliphatic rings. The predicted molar refractivity (Wildman–Crippen MR) is 143 cm³/mol. The number of nitrogens with one attached hydrogen (secondary N) is 3. The van der Waals surface area contributed by atoms with Crippen molar-refractivity contribution in [2.24, 2.45) is 0 Å². The lowest BCUT2D eigenvalue weighted by atomic mass is 10.2. The molecule has 0 saturated carbocycles. The third kappa shape index (κ3) is 7.62. The van der Waals surface area contributed by atoms with E-state index < -0.39 is 5.91 Å². The zero-order chi connectivity index (χ0) is 26.7. The molecule has 0 saturated heterocycles. The number of hydrogen-bond donors (Lipinski definition) is 3. The van der Waals surface area contributed by atoms with E-state index >= 15 is 0 Å². The number of carbonyl (C=O) groups excluding carboxylic acids is 3. The number of ether oxygens (including phenoxy) is 4. The van der Waals surface area contributed by atoms with Gasteiger partial charge in [-0.05, 0) is 42.5 Å².